The fraction of sp³-hybridized carbons (Fsp3) is 0.500. The summed E-state index contributed by atoms with van der Waals surface area (Å²) >= 11 is 0. The molecule has 4 heteroatoms. The van der Waals surface area contributed by atoms with E-state index in [1.807, 2.05) is 24.3 Å². The Hall–Kier alpha value is -1.71. The second kappa shape index (κ2) is 5.29. The Bertz CT molecular complexity index is 518. The molecule has 1 aliphatic carbocycles. The average Bonchev–Trinajstić information content (AvgIpc) is 2.67. The number of hydrogen-bond acceptors (Lipinski definition) is 4. The van der Waals surface area contributed by atoms with Gasteiger partial charge < -0.3 is 5.32 Å². The topological polar surface area (TPSA) is 50.7 Å². The largest absolute Gasteiger partial charge is 0.350 e. The summed E-state index contributed by atoms with van der Waals surface area (Å²) in [5, 5.41) is 11.8. The number of nitrogens with one attached hydrogen (secondary N) is 1. The predicted octanol–water partition coefficient (Wildman–Crippen LogP) is 3.16. The van der Waals surface area contributed by atoms with Crippen LogP contribution in [0.1, 0.15) is 38.5 Å². The molecule has 1 aliphatic rings. The summed E-state index contributed by atoms with van der Waals surface area (Å²) in [7, 11) is 0. The summed E-state index contributed by atoms with van der Waals surface area (Å²) in [6, 6.07) is 8.35. The SMILES string of the molecule is c1ccc2nc(NC3CCCCCC3)nnc2c1. The van der Waals surface area contributed by atoms with Gasteiger partial charge in [-0.05, 0) is 25.0 Å². The minimum Gasteiger partial charge on any atom is -0.350 e. The van der Waals surface area contributed by atoms with Crippen LogP contribution in [0.2, 0.25) is 0 Å². The van der Waals surface area contributed by atoms with Crippen LogP contribution in [-0.4, -0.2) is 21.2 Å². The summed E-state index contributed by atoms with van der Waals surface area (Å²) in [5.41, 5.74) is 1.76. The number of para-hydroxylation sites is 1. The van der Waals surface area contributed by atoms with Crippen LogP contribution in [0.5, 0.6) is 0 Å². The van der Waals surface area contributed by atoms with E-state index in [9.17, 15) is 0 Å². The minimum absolute atomic E-state index is 0.510. The molecule has 0 spiro atoms. The Labute approximate surface area is 107 Å². The van der Waals surface area contributed by atoms with Crippen molar-refractivity contribution in [1.29, 1.82) is 0 Å². The third kappa shape index (κ3) is 2.58. The lowest BCUT2D eigenvalue weighted by Crippen LogP contribution is -2.20. The molecule has 4 nitrogen and oxygen atoms in total. The molecular weight excluding hydrogens is 224 g/mol. The van der Waals surface area contributed by atoms with Crippen molar-refractivity contribution >= 4 is 17.0 Å². The predicted molar refractivity (Wildman–Crippen MR) is 72.4 cm³/mol. The number of nitrogens with zero attached hydrogens (tertiary/aromatic N) is 3. The van der Waals surface area contributed by atoms with Gasteiger partial charge in [-0.1, -0.05) is 37.8 Å². The first-order chi connectivity index (χ1) is 8.92. The molecule has 0 atom stereocenters. The fourth-order valence-corrected chi connectivity index (χ4v) is 2.55. The van der Waals surface area contributed by atoms with E-state index < -0.39 is 0 Å². The van der Waals surface area contributed by atoms with Crippen molar-refractivity contribution in [3.8, 4) is 0 Å². The first-order valence-electron chi connectivity index (χ1n) is 6.78. The number of anilines is 1. The molecule has 0 amide bonds. The molecule has 1 saturated carbocycles. The molecule has 1 fully saturated rings. The molecule has 0 bridgehead atoms. The zero-order valence-corrected chi connectivity index (χ0v) is 10.5. The summed E-state index contributed by atoms with van der Waals surface area (Å²) in [6.45, 7) is 0. The number of hydrogen-bond donors (Lipinski definition) is 1. The van der Waals surface area contributed by atoms with Gasteiger partial charge >= 0.3 is 0 Å². The smallest absolute Gasteiger partial charge is 0.243 e. The van der Waals surface area contributed by atoms with Gasteiger partial charge in [-0.15, -0.1) is 10.2 Å². The van der Waals surface area contributed by atoms with Crippen molar-refractivity contribution in [2.24, 2.45) is 0 Å². The molecule has 0 aliphatic heterocycles. The number of aromatic nitrogens is 3. The summed E-state index contributed by atoms with van der Waals surface area (Å²) in [4.78, 5) is 4.52. The molecule has 1 aromatic heterocycles. The van der Waals surface area contributed by atoms with Crippen LogP contribution >= 0.6 is 0 Å². The molecule has 0 unspecified atom stereocenters. The average molecular weight is 242 g/mol. The highest BCUT2D eigenvalue weighted by molar-refractivity contribution is 5.74. The van der Waals surface area contributed by atoms with E-state index in [0.717, 1.165) is 11.0 Å². The molecule has 1 aromatic carbocycles. The van der Waals surface area contributed by atoms with Gasteiger partial charge in [0.25, 0.3) is 0 Å². The Morgan fingerprint density at radius 3 is 2.39 bits per heavy atom. The molecule has 94 valence electrons. The van der Waals surface area contributed by atoms with Gasteiger partial charge in [-0.3, -0.25) is 0 Å². The van der Waals surface area contributed by atoms with E-state index in [1.54, 1.807) is 0 Å². The number of rotatable bonds is 2. The molecule has 2 aromatic rings. The number of fused-ring (bicyclic) bond motifs is 1. The van der Waals surface area contributed by atoms with Gasteiger partial charge in [0, 0.05) is 6.04 Å². The normalized spacial score (nSPS) is 17.6. The van der Waals surface area contributed by atoms with E-state index in [1.165, 1.54) is 38.5 Å². The van der Waals surface area contributed by atoms with E-state index in [2.05, 4.69) is 20.5 Å². The van der Waals surface area contributed by atoms with Gasteiger partial charge in [0.15, 0.2) is 0 Å². The van der Waals surface area contributed by atoms with E-state index in [4.69, 9.17) is 0 Å². The van der Waals surface area contributed by atoms with Gasteiger partial charge in [-0.25, -0.2) is 4.98 Å². The van der Waals surface area contributed by atoms with Gasteiger partial charge in [0.2, 0.25) is 5.95 Å². The van der Waals surface area contributed by atoms with Crippen molar-refractivity contribution in [3.63, 3.8) is 0 Å². The highest BCUT2D eigenvalue weighted by atomic mass is 15.2. The summed E-state index contributed by atoms with van der Waals surface area (Å²) in [5.74, 6) is 0.667. The standard InChI is InChI=1S/C14H18N4/c1-2-4-8-11(7-3-1)15-14-16-12-9-5-6-10-13(12)17-18-14/h5-6,9-11H,1-4,7-8H2,(H,15,16,18). The lowest BCUT2D eigenvalue weighted by Gasteiger charge is -2.15. The van der Waals surface area contributed by atoms with E-state index in [-0.39, 0.29) is 0 Å². The van der Waals surface area contributed by atoms with Crippen LogP contribution < -0.4 is 5.32 Å². The second-order valence-electron chi connectivity index (χ2n) is 4.96. The molecule has 1 heterocycles. The van der Waals surface area contributed by atoms with Crippen LogP contribution in [-0.2, 0) is 0 Å². The Morgan fingerprint density at radius 1 is 0.889 bits per heavy atom. The first-order valence-corrected chi connectivity index (χ1v) is 6.78. The van der Waals surface area contributed by atoms with Crippen LogP contribution in [0.25, 0.3) is 11.0 Å². The zero-order valence-electron chi connectivity index (χ0n) is 10.5. The monoisotopic (exact) mass is 242 g/mol. The van der Waals surface area contributed by atoms with Gasteiger partial charge in [0.1, 0.15) is 5.52 Å². The van der Waals surface area contributed by atoms with Crippen LogP contribution in [0.15, 0.2) is 24.3 Å². The molecule has 0 radical (unpaired) electrons. The third-order valence-electron chi connectivity index (χ3n) is 3.55. The van der Waals surface area contributed by atoms with E-state index >= 15 is 0 Å². The number of benzene rings is 1. The highest BCUT2D eigenvalue weighted by Gasteiger charge is 2.13. The van der Waals surface area contributed by atoms with Crippen LogP contribution in [0, 0.1) is 0 Å². The lowest BCUT2D eigenvalue weighted by molar-refractivity contribution is 0.613. The quantitative estimate of drug-likeness (QED) is 0.822. The van der Waals surface area contributed by atoms with Crippen molar-refractivity contribution in [3.05, 3.63) is 24.3 Å². The van der Waals surface area contributed by atoms with Crippen LogP contribution in [0.4, 0.5) is 5.95 Å². The lowest BCUT2D eigenvalue weighted by atomic mass is 10.1. The summed E-state index contributed by atoms with van der Waals surface area (Å²) in [6.07, 6.45) is 7.76. The van der Waals surface area contributed by atoms with Crippen molar-refractivity contribution in [1.82, 2.24) is 15.2 Å². The second-order valence-corrected chi connectivity index (χ2v) is 4.96. The molecular formula is C14H18N4. The first kappa shape index (κ1) is 11.4. The van der Waals surface area contributed by atoms with Gasteiger partial charge in [0.05, 0.1) is 5.52 Å². The molecule has 1 N–H and O–H groups in total. The third-order valence-corrected chi connectivity index (χ3v) is 3.55. The van der Waals surface area contributed by atoms with Crippen molar-refractivity contribution in [2.45, 2.75) is 44.6 Å². The maximum atomic E-state index is 4.52. The van der Waals surface area contributed by atoms with Crippen molar-refractivity contribution < 1.29 is 0 Å². The summed E-state index contributed by atoms with van der Waals surface area (Å²) < 4.78 is 0. The zero-order chi connectivity index (χ0) is 12.2. The Kier molecular flexibility index (Phi) is 3.35. The Morgan fingerprint density at radius 2 is 1.61 bits per heavy atom. The highest BCUT2D eigenvalue weighted by Crippen LogP contribution is 2.20. The van der Waals surface area contributed by atoms with Gasteiger partial charge in [-0.2, -0.15) is 0 Å². The molecule has 0 saturated heterocycles. The maximum absolute atomic E-state index is 4.52. The Balaban J connectivity index is 1.77. The molecule has 18 heavy (non-hydrogen) atoms. The fourth-order valence-electron chi connectivity index (χ4n) is 2.55. The molecule has 3 rings (SSSR count). The van der Waals surface area contributed by atoms with E-state index in [0.29, 0.717) is 12.0 Å². The van der Waals surface area contributed by atoms with Crippen molar-refractivity contribution in [2.75, 3.05) is 5.32 Å². The minimum atomic E-state index is 0.510. The van der Waals surface area contributed by atoms with Crippen LogP contribution in [0.3, 0.4) is 0 Å². The maximum Gasteiger partial charge on any atom is 0.243 e.